The van der Waals surface area contributed by atoms with Gasteiger partial charge in [-0.25, -0.2) is 0 Å². The van der Waals surface area contributed by atoms with Crippen molar-refractivity contribution in [2.24, 2.45) is 0 Å². The highest BCUT2D eigenvalue weighted by molar-refractivity contribution is 7.05. The zero-order chi connectivity index (χ0) is 8.81. The molecule has 0 bridgehead atoms. The molecule has 1 aromatic heterocycles. The van der Waals surface area contributed by atoms with Crippen LogP contribution in [0.2, 0.25) is 0 Å². The van der Waals surface area contributed by atoms with Gasteiger partial charge in [0.1, 0.15) is 0 Å². The predicted octanol–water partition coefficient (Wildman–Crippen LogP) is 1.60. The van der Waals surface area contributed by atoms with Crippen molar-refractivity contribution < 1.29 is 0 Å². The molecule has 0 aliphatic rings. The first kappa shape index (κ1) is 9.61. The topological polar surface area (TPSA) is 37.8 Å². The fourth-order valence-corrected chi connectivity index (χ4v) is 1.70. The Bertz CT molecular complexity index is 222. The zero-order valence-corrected chi connectivity index (χ0v) is 8.45. The van der Waals surface area contributed by atoms with Gasteiger partial charge in [0.2, 0.25) is 0 Å². The SMILES string of the molecule is CCCNCc1snnc1CC. The summed E-state index contributed by atoms with van der Waals surface area (Å²) in [5.74, 6) is 0. The normalized spacial score (nSPS) is 10.5. The highest BCUT2D eigenvalue weighted by atomic mass is 32.1. The average molecular weight is 185 g/mol. The summed E-state index contributed by atoms with van der Waals surface area (Å²) in [4.78, 5) is 1.28. The molecule has 1 aromatic rings. The van der Waals surface area contributed by atoms with Gasteiger partial charge in [-0.1, -0.05) is 18.3 Å². The molecule has 1 rings (SSSR count). The molecule has 0 saturated heterocycles. The Morgan fingerprint density at radius 1 is 1.42 bits per heavy atom. The highest BCUT2D eigenvalue weighted by Crippen LogP contribution is 2.09. The standard InChI is InChI=1S/C8H15N3S/c1-3-5-9-6-8-7(4-2)10-11-12-8/h9H,3-6H2,1-2H3. The summed E-state index contributed by atoms with van der Waals surface area (Å²) < 4.78 is 3.92. The minimum absolute atomic E-state index is 0.925. The van der Waals surface area contributed by atoms with Crippen LogP contribution in [0.15, 0.2) is 0 Å². The van der Waals surface area contributed by atoms with Crippen molar-refractivity contribution in [1.29, 1.82) is 0 Å². The van der Waals surface area contributed by atoms with Crippen molar-refractivity contribution in [2.75, 3.05) is 6.54 Å². The fraction of sp³-hybridized carbons (Fsp3) is 0.750. The minimum Gasteiger partial charge on any atom is -0.312 e. The Labute approximate surface area is 77.4 Å². The van der Waals surface area contributed by atoms with Crippen LogP contribution in [0.1, 0.15) is 30.8 Å². The van der Waals surface area contributed by atoms with Crippen LogP contribution < -0.4 is 5.32 Å². The third kappa shape index (κ3) is 2.53. The maximum Gasteiger partial charge on any atom is 0.0797 e. The Morgan fingerprint density at radius 3 is 2.92 bits per heavy atom. The molecule has 0 unspecified atom stereocenters. The van der Waals surface area contributed by atoms with E-state index in [1.807, 2.05) is 0 Å². The lowest BCUT2D eigenvalue weighted by Crippen LogP contribution is -2.13. The van der Waals surface area contributed by atoms with Crippen LogP contribution in [0.3, 0.4) is 0 Å². The molecule has 1 heterocycles. The van der Waals surface area contributed by atoms with Crippen molar-refractivity contribution in [3.8, 4) is 0 Å². The van der Waals surface area contributed by atoms with Gasteiger partial charge in [-0.2, -0.15) is 0 Å². The second-order valence-electron chi connectivity index (χ2n) is 2.67. The lowest BCUT2D eigenvalue weighted by atomic mass is 10.3. The van der Waals surface area contributed by atoms with Gasteiger partial charge in [0.25, 0.3) is 0 Å². The second-order valence-corrected chi connectivity index (χ2v) is 3.51. The highest BCUT2D eigenvalue weighted by Gasteiger charge is 2.03. The number of nitrogens with zero attached hydrogens (tertiary/aromatic N) is 2. The molecular formula is C8H15N3S. The smallest absolute Gasteiger partial charge is 0.0797 e. The molecule has 3 nitrogen and oxygen atoms in total. The van der Waals surface area contributed by atoms with E-state index >= 15 is 0 Å². The summed E-state index contributed by atoms with van der Waals surface area (Å²) in [6.07, 6.45) is 2.16. The van der Waals surface area contributed by atoms with E-state index in [1.54, 1.807) is 0 Å². The molecule has 68 valence electrons. The van der Waals surface area contributed by atoms with E-state index in [0.29, 0.717) is 0 Å². The summed E-state index contributed by atoms with van der Waals surface area (Å²) in [5.41, 5.74) is 1.14. The van der Waals surface area contributed by atoms with Gasteiger partial charge in [-0.05, 0) is 30.9 Å². The van der Waals surface area contributed by atoms with E-state index in [2.05, 4.69) is 28.8 Å². The molecule has 0 aliphatic heterocycles. The Morgan fingerprint density at radius 2 is 2.25 bits per heavy atom. The summed E-state index contributed by atoms with van der Waals surface area (Å²) in [6.45, 7) is 6.27. The number of rotatable bonds is 5. The lowest BCUT2D eigenvalue weighted by molar-refractivity contribution is 0.676. The van der Waals surface area contributed by atoms with E-state index in [0.717, 1.165) is 25.2 Å². The van der Waals surface area contributed by atoms with Crippen molar-refractivity contribution in [2.45, 2.75) is 33.2 Å². The van der Waals surface area contributed by atoms with E-state index in [9.17, 15) is 0 Å². The first-order valence-electron chi connectivity index (χ1n) is 4.39. The molecule has 1 N–H and O–H groups in total. The summed E-state index contributed by atoms with van der Waals surface area (Å²) in [6, 6.07) is 0. The van der Waals surface area contributed by atoms with Gasteiger partial charge >= 0.3 is 0 Å². The zero-order valence-electron chi connectivity index (χ0n) is 7.63. The van der Waals surface area contributed by atoms with Crippen LogP contribution in [-0.4, -0.2) is 16.1 Å². The summed E-state index contributed by atoms with van der Waals surface area (Å²) >= 11 is 1.50. The largest absolute Gasteiger partial charge is 0.312 e. The minimum atomic E-state index is 0.925. The van der Waals surface area contributed by atoms with Gasteiger partial charge in [-0.3, -0.25) is 0 Å². The number of aryl methyl sites for hydroxylation is 1. The maximum atomic E-state index is 4.04. The fourth-order valence-electron chi connectivity index (χ4n) is 1.01. The average Bonchev–Trinajstić information content (AvgIpc) is 2.52. The molecule has 0 amide bonds. The number of nitrogens with one attached hydrogen (secondary N) is 1. The first-order valence-corrected chi connectivity index (χ1v) is 5.16. The second kappa shape index (κ2) is 5.22. The number of hydrogen-bond donors (Lipinski definition) is 1. The maximum absolute atomic E-state index is 4.04. The molecule has 0 aromatic carbocycles. The molecular weight excluding hydrogens is 170 g/mol. The van der Waals surface area contributed by atoms with Crippen molar-refractivity contribution in [1.82, 2.24) is 14.9 Å². The van der Waals surface area contributed by atoms with Gasteiger partial charge in [0, 0.05) is 6.54 Å². The molecule has 0 atom stereocenters. The van der Waals surface area contributed by atoms with Crippen molar-refractivity contribution in [3.05, 3.63) is 10.6 Å². The first-order chi connectivity index (χ1) is 5.88. The van der Waals surface area contributed by atoms with E-state index in [4.69, 9.17) is 0 Å². The monoisotopic (exact) mass is 185 g/mol. The molecule has 0 spiro atoms. The summed E-state index contributed by atoms with van der Waals surface area (Å²) in [7, 11) is 0. The van der Waals surface area contributed by atoms with E-state index in [1.165, 1.54) is 22.8 Å². The molecule has 12 heavy (non-hydrogen) atoms. The molecule has 4 heteroatoms. The Balaban J connectivity index is 2.39. The predicted molar refractivity (Wildman–Crippen MR) is 51.3 cm³/mol. The number of aromatic nitrogens is 2. The third-order valence-electron chi connectivity index (χ3n) is 1.68. The van der Waals surface area contributed by atoms with Gasteiger partial charge in [-0.15, -0.1) is 5.10 Å². The third-order valence-corrected chi connectivity index (χ3v) is 2.45. The Kier molecular flexibility index (Phi) is 4.18. The van der Waals surface area contributed by atoms with Crippen LogP contribution >= 0.6 is 11.5 Å². The van der Waals surface area contributed by atoms with Crippen LogP contribution in [0.5, 0.6) is 0 Å². The van der Waals surface area contributed by atoms with Crippen molar-refractivity contribution >= 4 is 11.5 Å². The number of hydrogen-bond acceptors (Lipinski definition) is 4. The van der Waals surface area contributed by atoms with Gasteiger partial charge in [0.15, 0.2) is 0 Å². The lowest BCUT2D eigenvalue weighted by Gasteiger charge is -1.99. The molecule has 0 saturated carbocycles. The van der Waals surface area contributed by atoms with Crippen LogP contribution in [0, 0.1) is 0 Å². The Hall–Kier alpha value is -0.480. The molecule has 0 aliphatic carbocycles. The van der Waals surface area contributed by atoms with Gasteiger partial charge in [0.05, 0.1) is 10.6 Å². The molecule has 0 radical (unpaired) electrons. The van der Waals surface area contributed by atoms with Crippen molar-refractivity contribution in [3.63, 3.8) is 0 Å². The quantitative estimate of drug-likeness (QED) is 0.708. The van der Waals surface area contributed by atoms with E-state index in [-0.39, 0.29) is 0 Å². The van der Waals surface area contributed by atoms with Crippen LogP contribution in [0.4, 0.5) is 0 Å². The summed E-state index contributed by atoms with van der Waals surface area (Å²) in [5, 5.41) is 7.38. The van der Waals surface area contributed by atoms with Crippen LogP contribution in [0.25, 0.3) is 0 Å². The molecule has 0 fully saturated rings. The van der Waals surface area contributed by atoms with E-state index < -0.39 is 0 Å². The van der Waals surface area contributed by atoms with Gasteiger partial charge < -0.3 is 5.32 Å². The van der Waals surface area contributed by atoms with Crippen LogP contribution in [-0.2, 0) is 13.0 Å².